The van der Waals surface area contributed by atoms with E-state index in [9.17, 15) is 9.59 Å². The monoisotopic (exact) mass is 444 g/mol. The maximum Gasteiger partial charge on any atom is 0.272 e. The third-order valence-corrected chi connectivity index (χ3v) is 6.49. The number of para-hydroxylation sites is 1. The molecule has 2 atom stereocenters. The number of aryl methyl sites for hydroxylation is 3. The van der Waals surface area contributed by atoms with Crippen LogP contribution in [0.15, 0.2) is 54.9 Å². The molecule has 2 unspecified atom stereocenters. The van der Waals surface area contributed by atoms with E-state index in [1.165, 1.54) is 16.7 Å². The lowest BCUT2D eigenvalue weighted by atomic mass is 9.96. The van der Waals surface area contributed by atoms with Gasteiger partial charge in [-0.2, -0.15) is 5.10 Å². The average molecular weight is 445 g/mol. The SMILES string of the molecule is Cc1ccc(C2CC3C(=O)N(CCNC(=O)c4nn(C)c5ccccc45)C=CN3N2)c(C)c1. The van der Waals surface area contributed by atoms with E-state index in [-0.39, 0.29) is 23.9 Å². The number of nitrogens with one attached hydrogen (secondary N) is 2. The number of fused-ring (bicyclic) bond motifs is 2. The number of hydrogen-bond donors (Lipinski definition) is 2. The number of aromatic nitrogens is 2. The Kier molecular flexibility index (Phi) is 5.38. The third kappa shape index (κ3) is 3.87. The van der Waals surface area contributed by atoms with Crippen LogP contribution in [0.5, 0.6) is 0 Å². The summed E-state index contributed by atoms with van der Waals surface area (Å²) in [5, 5.41) is 9.99. The Morgan fingerprint density at radius 3 is 2.82 bits per heavy atom. The van der Waals surface area contributed by atoms with Gasteiger partial charge in [-0.1, -0.05) is 42.0 Å². The zero-order valence-electron chi connectivity index (χ0n) is 19.1. The molecular formula is C25H28N6O2. The van der Waals surface area contributed by atoms with Crippen molar-refractivity contribution < 1.29 is 9.59 Å². The molecule has 2 aromatic carbocycles. The number of hydrogen-bond acceptors (Lipinski definition) is 5. The first-order valence-corrected chi connectivity index (χ1v) is 11.2. The topological polar surface area (TPSA) is 82.5 Å². The van der Waals surface area contributed by atoms with Crippen molar-refractivity contribution in [2.45, 2.75) is 32.4 Å². The fourth-order valence-electron chi connectivity index (χ4n) is 4.80. The van der Waals surface area contributed by atoms with E-state index in [2.05, 4.69) is 47.9 Å². The summed E-state index contributed by atoms with van der Waals surface area (Å²) in [5.74, 6) is -0.200. The molecule has 8 nitrogen and oxygen atoms in total. The predicted octanol–water partition coefficient (Wildman–Crippen LogP) is 2.55. The number of carbonyl (C=O) groups excluding carboxylic acids is 2. The fourth-order valence-corrected chi connectivity index (χ4v) is 4.80. The molecule has 0 saturated carbocycles. The van der Waals surface area contributed by atoms with Gasteiger partial charge in [0.2, 0.25) is 0 Å². The van der Waals surface area contributed by atoms with Crippen molar-refractivity contribution in [2.24, 2.45) is 7.05 Å². The van der Waals surface area contributed by atoms with Crippen LogP contribution in [0.1, 0.15) is 39.6 Å². The summed E-state index contributed by atoms with van der Waals surface area (Å²) < 4.78 is 1.70. The van der Waals surface area contributed by atoms with Gasteiger partial charge >= 0.3 is 0 Å². The van der Waals surface area contributed by atoms with Gasteiger partial charge in [0.05, 0.1) is 11.6 Å². The Hall–Kier alpha value is -3.65. The van der Waals surface area contributed by atoms with Crippen molar-refractivity contribution in [3.8, 4) is 0 Å². The van der Waals surface area contributed by atoms with Crippen LogP contribution in [-0.2, 0) is 11.8 Å². The van der Waals surface area contributed by atoms with Crippen LogP contribution in [0, 0.1) is 13.8 Å². The molecule has 2 N–H and O–H groups in total. The summed E-state index contributed by atoms with van der Waals surface area (Å²) >= 11 is 0. The lowest BCUT2D eigenvalue weighted by molar-refractivity contribution is -0.134. The van der Waals surface area contributed by atoms with Gasteiger partial charge < -0.3 is 15.2 Å². The van der Waals surface area contributed by atoms with E-state index in [4.69, 9.17) is 0 Å². The Bertz CT molecular complexity index is 1260. The highest BCUT2D eigenvalue weighted by Gasteiger charge is 2.40. The van der Waals surface area contributed by atoms with Crippen molar-refractivity contribution in [3.05, 3.63) is 77.2 Å². The number of benzene rings is 2. The molecule has 1 aromatic heterocycles. The molecule has 2 amide bonds. The molecule has 2 aliphatic heterocycles. The van der Waals surface area contributed by atoms with Crippen molar-refractivity contribution in [3.63, 3.8) is 0 Å². The molecule has 3 aromatic rings. The largest absolute Gasteiger partial charge is 0.349 e. The van der Waals surface area contributed by atoms with Gasteiger partial charge in [0, 0.05) is 37.9 Å². The Morgan fingerprint density at radius 2 is 2.00 bits per heavy atom. The second-order valence-electron chi connectivity index (χ2n) is 8.78. The van der Waals surface area contributed by atoms with Crippen LogP contribution in [0.2, 0.25) is 0 Å². The van der Waals surface area contributed by atoms with Crippen molar-refractivity contribution in [1.82, 2.24) is 30.4 Å². The van der Waals surface area contributed by atoms with Crippen molar-refractivity contribution in [2.75, 3.05) is 13.1 Å². The van der Waals surface area contributed by atoms with E-state index >= 15 is 0 Å². The van der Waals surface area contributed by atoms with E-state index in [0.29, 0.717) is 25.2 Å². The molecule has 1 fully saturated rings. The fraction of sp³-hybridized carbons (Fsp3) is 0.320. The quantitative estimate of drug-likeness (QED) is 0.632. The van der Waals surface area contributed by atoms with Gasteiger partial charge in [0.1, 0.15) is 6.04 Å². The van der Waals surface area contributed by atoms with Crippen LogP contribution in [0.4, 0.5) is 0 Å². The molecular weight excluding hydrogens is 416 g/mol. The summed E-state index contributed by atoms with van der Waals surface area (Å²) in [6.07, 6.45) is 4.39. The van der Waals surface area contributed by atoms with E-state index in [1.54, 1.807) is 15.8 Å². The first-order chi connectivity index (χ1) is 15.9. The van der Waals surface area contributed by atoms with E-state index in [0.717, 1.165) is 10.9 Å². The number of rotatable bonds is 5. The zero-order valence-corrected chi connectivity index (χ0v) is 19.1. The molecule has 5 rings (SSSR count). The predicted molar refractivity (Wildman–Crippen MR) is 126 cm³/mol. The van der Waals surface area contributed by atoms with Gasteiger partial charge in [-0.25, -0.2) is 5.43 Å². The normalized spacial score (nSPS) is 19.9. The van der Waals surface area contributed by atoms with Crippen LogP contribution in [-0.4, -0.2) is 50.6 Å². The summed E-state index contributed by atoms with van der Waals surface area (Å²) in [6.45, 7) is 4.95. The van der Waals surface area contributed by atoms with Gasteiger partial charge in [0.25, 0.3) is 11.8 Å². The van der Waals surface area contributed by atoms with E-state index < -0.39 is 0 Å². The summed E-state index contributed by atoms with van der Waals surface area (Å²) in [6, 6.07) is 13.9. The number of carbonyl (C=O) groups is 2. The molecule has 0 spiro atoms. The van der Waals surface area contributed by atoms with Crippen LogP contribution < -0.4 is 10.7 Å². The van der Waals surface area contributed by atoms with Gasteiger partial charge in [0.15, 0.2) is 5.69 Å². The summed E-state index contributed by atoms with van der Waals surface area (Å²) in [5.41, 5.74) is 8.44. The van der Waals surface area contributed by atoms with Crippen molar-refractivity contribution >= 4 is 22.7 Å². The standard InChI is InChI=1S/C25H28N6O2/c1-16-8-9-18(17(2)14-16)20-15-22-25(33)30(12-13-31(22)27-20)11-10-26-24(32)23-19-6-4-5-7-21(19)29(3)28-23/h4-9,12-14,20,22,27H,10-11,15H2,1-3H3,(H,26,32). The second-order valence-corrected chi connectivity index (χ2v) is 8.78. The molecule has 0 aliphatic carbocycles. The maximum absolute atomic E-state index is 13.1. The highest BCUT2D eigenvalue weighted by atomic mass is 16.2. The van der Waals surface area contributed by atoms with Crippen LogP contribution in [0.3, 0.4) is 0 Å². The lowest BCUT2D eigenvalue weighted by Crippen LogP contribution is -2.49. The second kappa shape index (κ2) is 8.37. The molecule has 170 valence electrons. The molecule has 0 radical (unpaired) electrons. The first-order valence-electron chi connectivity index (χ1n) is 11.2. The molecule has 0 bridgehead atoms. The van der Waals surface area contributed by atoms with Crippen LogP contribution >= 0.6 is 0 Å². The smallest absolute Gasteiger partial charge is 0.272 e. The number of amides is 2. The third-order valence-electron chi connectivity index (χ3n) is 6.49. The highest BCUT2D eigenvalue weighted by molar-refractivity contribution is 6.04. The molecule has 33 heavy (non-hydrogen) atoms. The molecule has 2 aliphatic rings. The highest BCUT2D eigenvalue weighted by Crippen LogP contribution is 2.32. The Balaban J connectivity index is 1.20. The van der Waals surface area contributed by atoms with Crippen molar-refractivity contribution in [1.29, 1.82) is 0 Å². The first kappa shape index (κ1) is 21.2. The van der Waals surface area contributed by atoms with Crippen LogP contribution in [0.25, 0.3) is 10.9 Å². The van der Waals surface area contributed by atoms with Gasteiger partial charge in [-0.05, 0) is 37.5 Å². The lowest BCUT2D eigenvalue weighted by Gasteiger charge is -2.31. The number of nitrogens with zero attached hydrogens (tertiary/aromatic N) is 4. The Morgan fingerprint density at radius 1 is 1.18 bits per heavy atom. The average Bonchev–Trinajstić information content (AvgIpc) is 3.37. The minimum Gasteiger partial charge on any atom is -0.349 e. The van der Waals surface area contributed by atoms with Gasteiger partial charge in [-0.15, -0.1) is 0 Å². The van der Waals surface area contributed by atoms with Gasteiger partial charge in [-0.3, -0.25) is 14.3 Å². The Labute approximate surface area is 192 Å². The maximum atomic E-state index is 13.1. The summed E-state index contributed by atoms with van der Waals surface area (Å²) in [4.78, 5) is 27.5. The zero-order chi connectivity index (χ0) is 23.1. The minimum atomic E-state index is -0.254. The molecule has 3 heterocycles. The number of hydrazine groups is 1. The van der Waals surface area contributed by atoms with E-state index in [1.807, 2.05) is 42.5 Å². The molecule has 8 heteroatoms. The minimum absolute atomic E-state index is 0.0369. The molecule has 1 saturated heterocycles. The summed E-state index contributed by atoms with van der Waals surface area (Å²) in [7, 11) is 1.82.